The first-order valence-corrected chi connectivity index (χ1v) is 7.13. The summed E-state index contributed by atoms with van der Waals surface area (Å²) in [6, 6.07) is 3.30. The van der Waals surface area contributed by atoms with Crippen LogP contribution in [-0.4, -0.2) is 12.1 Å². The van der Waals surface area contributed by atoms with E-state index in [1.807, 2.05) is 0 Å². The largest absolute Gasteiger partial charge is 0.328 e. The summed E-state index contributed by atoms with van der Waals surface area (Å²) < 4.78 is 1.21. The van der Waals surface area contributed by atoms with Crippen molar-refractivity contribution in [1.29, 1.82) is 0 Å². The van der Waals surface area contributed by atoms with Crippen molar-refractivity contribution in [2.24, 2.45) is 5.73 Å². The molecule has 1 aliphatic rings. The van der Waals surface area contributed by atoms with Crippen LogP contribution >= 0.6 is 27.3 Å². The molecule has 0 spiro atoms. The summed E-state index contributed by atoms with van der Waals surface area (Å²) in [5, 5.41) is 5.80. The number of rotatable bonds is 3. The van der Waals surface area contributed by atoms with Crippen molar-refractivity contribution in [2.75, 3.05) is 0 Å². The minimum atomic E-state index is 0.443. The molecule has 0 bridgehead atoms. The van der Waals surface area contributed by atoms with Crippen LogP contribution in [0.2, 0.25) is 0 Å². The van der Waals surface area contributed by atoms with Crippen LogP contribution in [0.1, 0.15) is 31.2 Å². The first-order valence-electron chi connectivity index (χ1n) is 5.46. The third-order valence-corrected chi connectivity index (χ3v) is 4.54. The minimum Gasteiger partial charge on any atom is -0.328 e. The minimum absolute atomic E-state index is 0.443. The van der Waals surface area contributed by atoms with E-state index in [1.165, 1.54) is 35.0 Å². The van der Waals surface area contributed by atoms with Gasteiger partial charge in [-0.15, -0.1) is 11.3 Å². The van der Waals surface area contributed by atoms with Gasteiger partial charge in [0, 0.05) is 18.6 Å². The van der Waals surface area contributed by atoms with Gasteiger partial charge in [0.15, 0.2) is 0 Å². The van der Waals surface area contributed by atoms with Crippen molar-refractivity contribution in [3.63, 3.8) is 0 Å². The average molecular weight is 289 g/mol. The highest BCUT2D eigenvalue weighted by Gasteiger charge is 2.17. The maximum Gasteiger partial charge on any atom is 0.0701 e. The molecule has 2 rings (SSSR count). The highest BCUT2D eigenvalue weighted by molar-refractivity contribution is 9.11. The number of nitrogens with two attached hydrogens (primary N) is 1. The van der Waals surface area contributed by atoms with Crippen LogP contribution in [0.15, 0.2) is 15.2 Å². The van der Waals surface area contributed by atoms with Crippen LogP contribution in [0, 0.1) is 0 Å². The summed E-state index contributed by atoms with van der Waals surface area (Å²) in [4.78, 5) is 0. The Morgan fingerprint density at radius 1 is 1.40 bits per heavy atom. The first kappa shape index (κ1) is 11.6. The zero-order valence-electron chi connectivity index (χ0n) is 8.71. The summed E-state index contributed by atoms with van der Waals surface area (Å²) in [5.74, 6) is 0. The molecule has 0 radical (unpaired) electrons. The molecule has 1 aliphatic carbocycles. The van der Waals surface area contributed by atoms with Gasteiger partial charge in [0.1, 0.15) is 0 Å². The maximum absolute atomic E-state index is 5.88. The van der Waals surface area contributed by atoms with E-state index in [-0.39, 0.29) is 0 Å². The normalized spacial score (nSPS) is 26.8. The van der Waals surface area contributed by atoms with Crippen LogP contribution in [0.3, 0.4) is 0 Å². The van der Waals surface area contributed by atoms with E-state index < -0.39 is 0 Å². The van der Waals surface area contributed by atoms with Crippen LogP contribution in [0.25, 0.3) is 0 Å². The van der Waals surface area contributed by atoms with Gasteiger partial charge in [0.2, 0.25) is 0 Å². The topological polar surface area (TPSA) is 38.0 Å². The molecule has 0 atom stereocenters. The SMILES string of the molecule is NC1CCC(NCc2csc(Br)c2)CC1. The van der Waals surface area contributed by atoms with Crippen molar-refractivity contribution < 1.29 is 0 Å². The molecule has 3 N–H and O–H groups in total. The van der Waals surface area contributed by atoms with E-state index in [1.54, 1.807) is 11.3 Å². The smallest absolute Gasteiger partial charge is 0.0701 e. The van der Waals surface area contributed by atoms with Gasteiger partial charge >= 0.3 is 0 Å². The average Bonchev–Trinajstić information content (AvgIpc) is 2.64. The summed E-state index contributed by atoms with van der Waals surface area (Å²) in [6.45, 7) is 0.988. The predicted molar refractivity (Wildman–Crippen MR) is 69.1 cm³/mol. The van der Waals surface area contributed by atoms with Crippen LogP contribution in [0.5, 0.6) is 0 Å². The first-order chi connectivity index (χ1) is 7.24. The van der Waals surface area contributed by atoms with Gasteiger partial charge in [-0.2, -0.15) is 0 Å². The monoisotopic (exact) mass is 288 g/mol. The Morgan fingerprint density at radius 2 is 2.13 bits per heavy atom. The molecule has 0 saturated heterocycles. The Bertz CT molecular complexity index is 305. The third-order valence-electron chi connectivity index (χ3n) is 2.99. The van der Waals surface area contributed by atoms with E-state index >= 15 is 0 Å². The molecule has 0 aromatic carbocycles. The zero-order valence-corrected chi connectivity index (χ0v) is 11.1. The van der Waals surface area contributed by atoms with Gasteiger partial charge in [0.25, 0.3) is 0 Å². The third kappa shape index (κ3) is 3.55. The van der Waals surface area contributed by atoms with Crippen LogP contribution < -0.4 is 11.1 Å². The van der Waals surface area contributed by atoms with Crippen molar-refractivity contribution in [3.8, 4) is 0 Å². The van der Waals surface area contributed by atoms with E-state index in [4.69, 9.17) is 5.73 Å². The summed E-state index contributed by atoms with van der Waals surface area (Å²) in [5.41, 5.74) is 7.25. The Labute approximate surface area is 103 Å². The molecule has 0 unspecified atom stereocenters. The molecular weight excluding hydrogens is 272 g/mol. The highest BCUT2D eigenvalue weighted by atomic mass is 79.9. The van der Waals surface area contributed by atoms with E-state index in [2.05, 4.69) is 32.7 Å². The van der Waals surface area contributed by atoms with Crippen LogP contribution in [-0.2, 0) is 6.54 Å². The van der Waals surface area contributed by atoms with Gasteiger partial charge in [-0.05, 0) is 58.6 Å². The van der Waals surface area contributed by atoms with Gasteiger partial charge in [-0.3, -0.25) is 0 Å². The van der Waals surface area contributed by atoms with Gasteiger partial charge in [-0.25, -0.2) is 0 Å². The van der Waals surface area contributed by atoms with Gasteiger partial charge < -0.3 is 11.1 Å². The number of hydrogen-bond donors (Lipinski definition) is 2. The molecule has 1 aromatic heterocycles. The molecule has 1 heterocycles. The van der Waals surface area contributed by atoms with E-state index in [0.29, 0.717) is 12.1 Å². The second kappa shape index (κ2) is 5.43. The Kier molecular flexibility index (Phi) is 4.20. The fraction of sp³-hybridized carbons (Fsp3) is 0.636. The Morgan fingerprint density at radius 3 is 2.73 bits per heavy atom. The fourth-order valence-electron chi connectivity index (χ4n) is 2.02. The molecule has 0 amide bonds. The second-order valence-electron chi connectivity index (χ2n) is 4.25. The fourth-order valence-corrected chi connectivity index (χ4v) is 3.23. The van der Waals surface area contributed by atoms with Gasteiger partial charge in [-0.1, -0.05) is 0 Å². The number of nitrogens with one attached hydrogen (secondary N) is 1. The zero-order chi connectivity index (χ0) is 10.7. The lowest BCUT2D eigenvalue weighted by molar-refractivity contribution is 0.342. The molecule has 15 heavy (non-hydrogen) atoms. The molecule has 1 saturated carbocycles. The molecule has 1 aromatic rings. The van der Waals surface area contributed by atoms with Crippen molar-refractivity contribution in [1.82, 2.24) is 5.32 Å². The molecule has 4 heteroatoms. The van der Waals surface area contributed by atoms with Crippen molar-refractivity contribution >= 4 is 27.3 Å². The summed E-state index contributed by atoms with van der Waals surface area (Å²) in [7, 11) is 0. The molecule has 0 aliphatic heterocycles. The van der Waals surface area contributed by atoms with Crippen molar-refractivity contribution in [2.45, 2.75) is 44.3 Å². The molecule has 1 fully saturated rings. The Hall–Kier alpha value is 0.100. The second-order valence-corrected chi connectivity index (χ2v) is 6.54. The Balaban J connectivity index is 1.74. The number of hydrogen-bond acceptors (Lipinski definition) is 3. The van der Waals surface area contributed by atoms with Crippen molar-refractivity contribution in [3.05, 3.63) is 20.8 Å². The molecular formula is C11H17BrN2S. The highest BCUT2D eigenvalue weighted by Crippen LogP contribution is 2.21. The van der Waals surface area contributed by atoms with E-state index in [0.717, 1.165) is 6.54 Å². The number of halogens is 1. The van der Waals surface area contributed by atoms with Gasteiger partial charge in [0.05, 0.1) is 3.79 Å². The lowest BCUT2D eigenvalue weighted by atomic mass is 9.92. The molecule has 84 valence electrons. The maximum atomic E-state index is 5.88. The lowest BCUT2D eigenvalue weighted by Gasteiger charge is -2.26. The van der Waals surface area contributed by atoms with E-state index in [9.17, 15) is 0 Å². The molecule has 2 nitrogen and oxygen atoms in total. The predicted octanol–water partition coefficient (Wildman–Crippen LogP) is 2.87. The summed E-state index contributed by atoms with van der Waals surface area (Å²) in [6.07, 6.45) is 4.80. The summed E-state index contributed by atoms with van der Waals surface area (Å²) >= 11 is 5.23. The lowest BCUT2D eigenvalue weighted by Crippen LogP contribution is -2.36. The standard InChI is InChI=1S/C11H17BrN2S/c12-11-5-8(7-15-11)6-14-10-3-1-9(13)2-4-10/h5,7,9-10,14H,1-4,6,13H2. The van der Waals surface area contributed by atoms with Crippen LogP contribution in [0.4, 0.5) is 0 Å². The number of thiophene rings is 1. The quantitative estimate of drug-likeness (QED) is 0.898.